The van der Waals surface area contributed by atoms with Crippen molar-refractivity contribution in [3.05, 3.63) is 68.9 Å². The zero-order valence-corrected chi connectivity index (χ0v) is 14.9. The third-order valence-corrected chi connectivity index (χ3v) is 5.61. The molecule has 0 aliphatic heterocycles. The second-order valence-corrected chi connectivity index (χ2v) is 7.89. The highest BCUT2D eigenvalue weighted by Gasteiger charge is 2.46. The molecule has 2 nitrogen and oxygen atoms in total. The Bertz CT molecular complexity index is 727. The number of carbonyl (C=O) groups is 1. The summed E-state index contributed by atoms with van der Waals surface area (Å²) in [6, 6.07) is 11.6. The molecule has 1 aliphatic carbocycles. The molecule has 1 amide bonds. The SMILES string of the molecule is C=CCN(Cc1ccc(Cl)s1)C(=O)C1CC1c1ccccc1Cl. The molecule has 1 saturated carbocycles. The first-order chi connectivity index (χ1) is 11.1. The van der Waals surface area contributed by atoms with Crippen molar-refractivity contribution in [3.63, 3.8) is 0 Å². The van der Waals surface area contributed by atoms with E-state index in [9.17, 15) is 4.79 Å². The van der Waals surface area contributed by atoms with Gasteiger partial charge in [-0.3, -0.25) is 4.79 Å². The van der Waals surface area contributed by atoms with Crippen LogP contribution in [-0.4, -0.2) is 17.4 Å². The van der Waals surface area contributed by atoms with Crippen molar-refractivity contribution >= 4 is 40.4 Å². The van der Waals surface area contributed by atoms with Gasteiger partial charge in [0.2, 0.25) is 5.91 Å². The number of halogens is 2. The number of thiophene rings is 1. The molecule has 2 aromatic rings. The molecule has 5 heteroatoms. The van der Waals surface area contributed by atoms with E-state index in [2.05, 4.69) is 6.58 Å². The Morgan fingerprint density at radius 2 is 2.09 bits per heavy atom. The maximum atomic E-state index is 12.8. The third-order valence-electron chi connectivity index (χ3n) is 4.05. The molecule has 1 heterocycles. The summed E-state index contributed by atoms with van der Waals surface area (Å²) in [5.41, 5.74) is 1.07. The van der Waals surface area contributed by atoms with Crippen LogP contribution in [0.4, 0.5) is 0 Å². The Kier molecular flexibility index (Phi) is 5.10. The van der Waals surface area contributed by atoms with Gasteiger partial charge in [-0.1, -0.05) is 47.5 Å². The van der Waals surface area contributed by atoms with Crippen LogP contribution < -0.4 is 0 Å². The number of nitrogens with zero attached hydrogens (tertiary/aromatic N) is 1. The third kappa shape index (κ3) is 3.79. The first kappa shape index (κ1) is 16.6. The lowest BCUT2D eigenvalue weighted by molar-refractivity contribution is -0.132. The number of hydrogen-bond acceptors (Lipinski definition) is 2. The van der Waals surface area contributed by atoms with E-state index in [0.717, 1.165) is 26.2 Å². The first-order valence-corrected chi connectivity index (χ1v) is 9.05. The van der Waals surface area contributed by atoms with Crippen LogP contribution in [0.15, 0.2) is 49.1 Å². The molecular formula is C18H17Cl2NOS. The molecule has 1 fully saturated rings. The van der Waals surface area contributed by atoms with Gasteiger partial charge in [0.1, 0.15) is 0 Å². The van der Waals surface area contributed by atoms with Gasteiger partial charge in [-0.2, -0.15) is 0 Å². The molecule has 0 radical (unpaired) electrons. The van der Waals surface area contributed by atoms with Crippen LogP contribution >= 0.6 is 34.5 Å². The van der Waals surface area contributed by atoms with E-state index in [1.807, 2.05) is 41.3 Å². The van der Waals surface area contributed by atoms with Crippen molar-refractivity contribution in [1.29, 1.82) is 0 Å². The lowest BCUT2D eigenvalue weighted by Crippen LogP contribution is -2.32. The van der Waals surface area contributed by atoms with Crippen molar-refractivity contribution in [2.75, 3.05) is 6.54 Å². The molecule has 23 heavy (non-hydrogen) atoms. The van der Waals surface area contributed by atoms with Crippen LogP contribution in [0.2, 0.25) is 9.36 Å². The molecule has 0 N–H and O–H groups in total. The molecule has 0 saturated heterocycles. The monoisotopic (exact) mass is 365 g/mol. The second kappa shape index (κ2) is 7.08. The average Bonchev–Trinajstić information content (AvgIpc) is 3.22. The van der Waals surface area contributed by atoms with Crippen molar-refractivity contribution in [1.82, 2.24) is 4.90 Å². The molecule has 3 rings (SSSR count). The summed E-state index contributed by atoms with van der Waals surface area (Å²) in [6.45, 7) is 4.88. The zero-order valence-electron chi connectivity index (χ0n) is 12.5. The van der Waals surface area contributed by atoms with E-state index < -0.39 is 0 Å². The van der Waals surface area contributed by atoms with Crippen LogP contribution in [-0.2, 0) is 11.3 Å². The minimum absolute atomic E-state index is 0.0188. The zero-order chi connectivity index (χ0) is 16.4. The van der Waals surface area contributed by atoms with Crippen LogP contribution in [0.3, 0.4) is 0 Å². The summed E-state index contributed by atoms with van der Waals surface area (Å²) in [7, 11) is 0. The Morgan fingerprint density at radius 1 is 1.30 bits per heavy atom. The van der Waals surface area contributed by atoms with Crippen LogP contribution in [0.1, 0.15) is 22.8 Å². The fourth-order valence-electron chi connectivity index (χ4n) is 2.84. The summed E-state index contributed by atoms with van der Waals surface area (Å²) < 4.78 is 0.742. The first-order valence-electron chi connectivity index (χ1n) is 7.48. The number of benzene rings is 1. The largest absolute Gasteiger partial charge is 0.334 e. The maximum Gasteiger partial charge on any atom is 0.226 e. The molecule has 1 aromatic heterocycles. The smallest absolute Gasteiger partial charge is 0.226 e. The number of hydrogen-bond donors (Lipinski definition) is 0. The molecule has 1 aliphatic rings. The number of carbonyl (C=O) groups excluding carboxylic acids is 1. The van der Waals surface area contributed by atoms with E-state index in [-0.39, 0.29) is 17.7 Å². The van der Waals surface area contributed by atoms with Crippen molar-refractivity contribution < 1.29 is 4.79 Å². The molecule has 2 atom stereocenters. The van der Waals surface area contributed by atoms with Gasteiger partial charge in [-0.15, -0.1) is 17.9 Å². The second-order valence-electron chi connectivity index (χ2n) is 5.68. The van der Waals surface area contributed by atoms with Gasteiger partial charge in [0.05, 0.1) is 10.9 Å². The molecule has 0 spiro atoms. The average molecular weight is 366 g/mol. The molecule has 2 unspecified atom stereocenters. The highest BCUT2D eigenvalue weighted by atomic mass is 35.5. The van der Waals surface area contributed by atoms with Gasteiger partial charge in [0, 0.05) is 22.4 Å². The van der Waals surface area contributed by atoms with Gasteiger partial charge in [-0.05, 0) is 36.1 Å². The van der Waals surface area contributed by atoms with Gasteiger partial charge in [0.15, 0.2) is 0 Å². The standard InChI is InChI=1S/C18H17Cl2NOS/c1-2-9-21(11-12-7-8-17(20)23-12)18(22)15-10-14(15)13-5-3-4-6-16(13)19/h2-8,14-15H,1,9-11H2. The van der Waals surface area contributed by atoms with Crippen LogP contribution in [0.5, 0.6) is 0 Å². The number of amides is 1. The molecular weight excluding hydrogens is 349 g/mol. The number of rotatable bonds is 6. The van der Waals surface area contributed by atoms with Gasteiger partial charge in [-0.25, -0.2) is 0 Å². The Hall–Kier alpha value is -1.29. The quantitative estimate of drug-likeness (QED) is 0.629. The summed E-state index contributed by atoms with van der Waals surface area (Å²) in [5.74, 6) is 0.417. The van der Waals surface area contributed by atoms with Crippen molar-refractivity contribution in [3.8, 4) is 0 Å². The highest BCUT2D eigenvalue weighted by molar-refractivity contribution is 7.16. The van der Waals surface area contributed by atoms with E-state index >= 15 is 0 Å². The van der Waals surface area contributed by atoms with Gasteiger partial charge in [0.25, 0.3) is 0 Å². The van der Waals surface area contributed by atoms with Crippen molar-refractivity contribution in [2.24, 2.45) is 5.92 Å². The lowest BCUT2D eigenvalue weighted by Gasteiger charge is -2.20. The Balaban J connectivity index is 1.70. The normalized spacial score (nSPS) is 19.4. The topological polar surface area (TPSA) is 20.3 Å². The highest BCUT2D eigenvalue weighted by Crippen LogP contribution is 2.50. The summed E-state index contributed by atoms with van der Waals surface area (Å²) in [4.78, 5) is 15.7. The van der Waals surface area contributed by atoms with Crippen LogP contribution in [0, 0.1) is 5.92 Å². The minimum atomic E-state index is 0.0188. The molecule has 0 bridgehead atoms. The maximum absolute atomic E-state index is 12.8. The minimum Gasteiger partial charge on any atom is -0.334 e. The fourth-order valence-corrected chi connectivity index (χ4v) is 4.21. The lowest BCUT2D eigenvalue weighted by atomic mass is 10.1. The Labute approximate surface area is 150 Å². The molecule has 120 valence electrons. The Morgan fingerprint density at radius 3 is 2.74 bits per heavy atom. The van der Waals surface area contributed by atoms with E-state index in [4.69, 9.17) is 23.2 Å². The summed E-state index contributed by atoms with van der Waals surface area (Å²) in [6.07, 6.45) is 2.63. The van der Waals surface area contributed by atoms with Gasteiger partial charge >= 0.3 is 0 Å². The summed E-state index contributed by atoms with van der Waals surface area (Å²) in [5, 5.41) is 0.744. The van der Waals surface area contributed by atoms with Crippen LogP contribution in [0.25, 0.3) is 0 Å². The summed E-state index contributed by atoms with van der Waals surface area (Å²) >= 11 is 13.7. The predicted molar refractivity (Wildman–Crippen MR) is 97.2 cm³/mol. The fraction of sp³-hybridized carbons (Fsp3) is 0.278. The van der Waals surface area contributed by atoms with Gasteiger partial charge < -0.3 is 4.90 Å². The van der Waals surface area contributed by atoms with E-state index in [1.54, 1.807) is 6.08 Å². The van der Waals surface area contributed by atoms with Crippen molar-refractivity contribution in [2.45, 2.75) is 18.9 Å². The molecule has 1 aromatic carbocycles. The predicted octanol–water partition coefficient (Wildman–Crippen LogP) is 5.37. The van der Waals surface area contributed by atoms with E-state index in [0.29, 0.717) is 13.1 Å². The van der Waals surface area contributed by atoms with E-state index in [1.165, 1.54) is 11.3 Å².